The van der Waals surface area contributed by atoms with E-state index in [1.165, 1.54) is 6.33 Å². The van der Waals surface area contributed by atoms with Crippen LogP contribution in [0.4, 0.5) is 11.5 Å². The van der Waals surface area contributed by atoms with E-state index in [4.69, 9.17) is 40.0 Å². The summed E-state index contributed by atoms with van der Waals surface area (Å²) in [5.74, 6) is 8.66. The van der Waals surface area contributed by atoms with Gasteiger partial charge >= 0.3 is 29.6 Å². The molecule has 0 unspecified atom stereocenters. The quantitative estimate of drug-likeness (QED) is 0.165. The van der Waals surface area contributed by atoms with Crippen molar-refractivity contribution in [2.75, 3.05) is 79.4 Å². The minimum absolute atomic E-state index is 0. The Balaban J connectivity index is 0.000000551. The molecule has 1 N–H and O–H groups in total. The molecule has 0 spiro atoms. The second-order valence-electron chi connectivity index (χ2n) is 12.5. The van der Waals surface area contributed by atoms with Crippen LogP contribution in [0.3, 0.4) is 0 Å². The third-order valence-corrected chi connectivity index (χ3v) is 15.8. The molecule has 2 aromatic carbocycles. The first kappa shape index (κ1) is 40.3. The average Bonchev–Trinajstić information content (AvgIpc) is 3.55. The predicted molar refractivity (Wildman–Crippen MR) is 200 cm³/mol. The normalized spacial score (nSPS) is 14.1. The van der Waals surface area contributed by atoms with Gasteiger partial charge in [0.05, 0.1) is 52.0 Å². The monoisotopic (exact) mass is 725 g/mol. The van der Waals surface area contributed by atoms with E-state index in [1.807, 2.05) is 12.1 Å². The molecule has 1 aromatic heterocycles. The summed E-state index contributed by atoms with van der Waals surface area (Å²) >= 11 is 6.64. The molecule has 0 saturated carbocycles. The first-order chi connectivity index (χ1) is 22.5. The van der Waals surface area contributed by atoms with E-state index in [1.54, 1.807) is 20.3 Å². The Morgan fingerprint density at radius 2 is 1.79 bits per heavy atom. The van der Waals surface area contributed by atoms with Gasteiger partial charge in [-0.3, -0.25) is 4.90 Å². The average molecular weight is 726 g/mol. The van der Waals surface area contributed by atoms with E-state index in [9.17, 15) is 0 Å². The zero-order chi connectivity index (χ0) is 34.0. The van der Waals surface area contributed by atoms with Crippen LogP contribution in [-0.2, 0) is 9.47 Å². The van der Waals surface area contributed by atoms with Crippen molar-refractivity contribution in [2.45, 2.75) is 39.2 Å². The van der Waals surface area contributed by atoms with Crippen molar-refractivity contribution < 1.29 is 28.4 Å². The third-order valence-electron chi connectivity index (χ3n) is 8.01. The number of ether oxygens (including phenoxy) is 6. The van der Waals surface area contributed by atoms with Crippen molar-refractivity contribution in [1.82, 2.24) is 19.1 Å². The van der Waals surface area contributed by atoms with Crippen molar-refractivity contribution in [3.8, 4) is 34.8 Å². The Labute approximate surface area is 315 Å². The van der Waals surface area contributed by atoms with Crippen molar-refractivity contribution in [3.05, 3.63) is 35.1 Å². The summed E-state index contributed by atoms with van der Waals surface area (Å²) in [5, 5.41) is 4.44. The fourth-order valence-corrected chi connectivity index (χ4v) is 11.5. The Morgan fingerprint density at radius 1 is 1.06 bits per heavy atom. The Kier molecular flexibility index (Phi) is 16.2. The minimum atomic E-state index is -0.929. The summed E-state index contributed by atoms with van der Waals surface area (Å²) in [4.78, 5) is 11.3. The molecule has 0 bridgehead atoms. The number of rotatable bonds is 11. The molecule has 48 heavy (non-hydrogen) atoms. The van der Waals surface area contributed by atoms with E-state index >= 15 is 0 Å². The van der Waals surface area contributed by atoms with Gasteiger partial charge in [-0.15, -0.1) is 0 Å². The number of anilines is 2. The molecule has 0 aliphatic carbocycles. The van der Waals surface area contributed by atoms with Gasteiger partial charge in [-0.2, -0.15) is 0 Å². The van der Waals surface area contributed by atoms with E-state index < -0.39 is 17.2 Å². The standard InChI is InChI=1S/C27H29ClN4O6.C6H19NSi2.Na.H/c1-33-9-3-5-18-13-20(28)24(26-25(18)37-17-38-26)31-27-19-14-22(34-2)23(15-21(19)29-16-30-27)36-10-4-6-32-7-11-35-12-8-32;1-7(8(2)3)9(4,5)6;;/h13-16H,4,6-12,17H2,1-2H3,(H,29,30,31);8H,1-6H3;;. The number of benzene rings is 2. The first-order valence-corrected chi connectivity index (χ1v) is 22.5. The SMILES string of the molecule is CN([SiH](C)C)[Si](C)(C)C.COCC#Cc1cc(Cl)c(Nc2ncnc3cc(OCCCN4CCOCC4)c(OC)cc23)c2c1OCO2.[NaH]. The van der Waals surface area contributed by atoms with E-state index in [0.717, 1.165) is 44.7 Å². The molecule has 2 aliphatic rings. The van der Waals surface area contributed by atoms with Gasteiger partial charge in [-0.1, -0.05) is 56.2 Å². The topological polar surface area (TPSA) is 99.7 Å². The van der Waals surface area contributed by atoms with Gasteiger partial charge in [0, 0.05) is 38.2 Å². The van der Waals surface area contributed by atoms with Crippen LogP contribution in [0.25, 0.3) is 10.9 Å². The first-order valence-electron chi connectivity index (χ1n) is 15.9. The van der Waals surface area contributed by atoms with Gasteiger partial charge in [0.2, 0.25) is 6.79 Å². The number of halogens is 1. The van der Waals surface area contributed by atoms with Crippen molar-refractivity contribution >= 4 is 80.8 Å². The third kappa shape index (κ3) is 11.0. The Hall–Kier alpha value is -2.10. The molecular formula is C33H49ClN5NaO6Si2. The van der Waals surface area contributed by atoms with Gasteiger partial charge in [-0.25, -0.2) is 9.97 Å². The second-order valence-corrected chi connectivity index (χ2v) is 21.4. The Bertz CT molecular complexity index is 1560. The van der Waals surface area contributed by atoms with Crippen molar-refractivity contribution in [2.24, 2.45) is 0 Å². The molecule has 0 radical (unpaired) electrons. The fourth-order valence-electron chi connectivity index (χ4n) is 5.07. The van der Waals surface area contributed by atoms with Crippen LogP contribution in [0.2, 0.25) is 37.8 Å². The van der Waals surface area contributed by atoms with E-state index in [-0.39, 0.29) is 36.4 Å². The number of aromatic nitrogens is 2. The van der Waals surface area contributed by atoms with Gasteiger partial charge in [0.1, 0.15) is 32.7 Å². The van der Waals surface area contributed by atoms with Crippen LogP contribution in [0, 0.1) is 11.8 Å². The fraction of sp³-hybridized carbons (Fsp3) is 0.515. The number of hydrogen-bond acceptors (Lipinski definition) is 11. The maximum absolute atomic E-state index is 6.64. The predicted octanol–water partition coefficient (Wildman–Crippen LogP) is 4.95. The zero-order valence-electron chi connectivity index (χ0n) is 28.9. The van der Waals surface area contributed by atoms with Gasteiger partial charge < -0.3 is 38.0 Å². The maximum atomic E-state index is 6.64. The number of morpholine rings is 1. The number of methoxy groups -OCH3 is 2. The van der Waals surface area contributed by atoms with E-state index in [0.29, 0.717) is 63.8 Å². The molecule has 0 amide bonds. The summed E-state index contributed by atoms with van der Waals surface area (Å²) in [7, 11) is 4.05. The van der Waals surface area contributed by atoms with Crippen molar-refractivity contribution in [3.63, 3.8) is 0 Å². The van der Waals surface area contributed by atoms with Gasteiger partial charge in [0.15, 0.2) is 23.0 Å². The van der Waals surface area contributed by atoms with Crippen LogP contribution in [0.5, 0.6) is 23.0 Å². The molecular weight excluding hydrogens is 677 g/mol. The summed E-state index contributed by atoms with van der Waals surface area (Å²) in [6.45, 7) is 17.4. The van der Waals surface area contributed by atoms with Crippen LogP contribution < -0.4 is 24.3 Å². The molecule has 3 aromatic rings. The van der Waals surface area contributed by atoms with Crippen LogP contribution >= 0.6 is 11.6 Å². The zero-order valence-corrected chi connectivity index (χ0v) is 31.8. The second kappa shape index (κ2) is 19.3. The number of fused-ring (bicyclic) bond motifs is 2. The molecule has 3 heterocycles. The molecule has 0 atom stereocenters. The summed E-state index contributed by atoms with van der Waals surface area (Å²) in [5.41, 5.74) is 1.84. The number of hydrogen-bond donors (Lipinski definition) is 1. The molecule has 1 fully saturated rings. The molecule has 2 aliphatic heterocycles. The number of nitrogens with zero attached hydrogens (tertiary/aromatic N) is 4. The molecule has 1 saturated heterocycles. The summed E-state index contributed by atoms with van der Waals surface area (Å²) in [6, 6.07) is 5.44. The van der Waals surface area contributed by atoms with Gasteiger partial charge in [-0.05, 0) is 25.6 Å². The molecule has 11 nitrogen and oxygen atoms in total. The van der Waals surface area contributed by atoms with Crippen LogP contribution in [0.1, 0.15) is 12.0 Å². The Morgan fingerprint density at radius 3 is 2.44 bits per heavy atom. The molecule has 15 heteroatoms. The number of nitrogens with one attached hydrogen (secondary N) is 1. The van der Waals surface area contributed by atoms with Gasteiger partial charge in [0.25, 0.3) is 0 Å². The van der Waals surface area contributed by atoms with E-state index in [2.05, 4.69) is 76.0 Å². The van der Waals surface area contributed by atoms with Crippen LogP contribution in [-0.4, -0.2) is 140 Å². The van der Waals surface area contributed by atoms with Crippen LogP contribution in [0.15, 0.2) is 24.5 Å². The summed E-state index contributed by atoms with van der Waals surface area (Å²) in [6.07, 6.45) is 2.38. The molecule has 5 rings (SSSR count). The van der Waals surface area contributed by atoms with Crippen molar-refractivity contribution in [1.29, 1.82) is 0 Å². The molecule has 258 valence electrons. The summed E-state index contributed by atoms with van der Waals surface area (Å²) < 4.78 is 36.2.